The fourth-order valence-electron chi connectivity index (χ4n) is 1.46. The number of nitrogens with one attached hydrogen (secondary N) is 1. The van der Waals surface area contributed by atoms with Gasteiger partial charge >= 0.3 is 0 Å². The summed E-state index contributed by atoms with van der Waals surface area (Å²) in [4.78, 5) is 4.22. The second-order valence-electron chi connectivity index (χ2n) is 3.76. The number of hydrogen-bond donors (Lipinski definition) is 2. The summed E-state index contributed by atoms with van der Waals surface area (Å²) in [6.45, 7) is 2.72. The van der Waals surface area contributed by atoms with E-state index in [1.165, 1.54) is 5.56 Å². The van der Waals surface area contributed by atoms with E-state index in [1.54, 1.807) is 6.20 Å². The van der Waals surface area contributed by atoms with Crippen molar-refractivity contribution in [3.05, 3.63) is 53.9 Å². The molecule has 0 bridgehead atoms. The molecule has 0 fully saturated rings. The largest absolute Gasteiger partial charge is 0.397 e. The van der Waals surface area contributed by atoms with Crippen molar-refractivity contribution < 1.29 is 0 Å². The smallest absolute Gasteiger partial charge is 0.0823 e. The molecule has 0 aliphatic rings. The molecule has 3 heteroatoms. The molecule has 0 unspecified atom stereocenters. The second-order valence-corrected chi connectivity index (χ2v) is 3.76. The Morgan fingerprint density at radius 2 is 1.94 bits per heavy atom. The van der Waals surface area contributed by atoms with E-state index in [1.807, 2.05) is 12.1 Å². The minimum atomic E-state index is 0.649. The number of aryl methyl sites for hydroxylation is 1. The summed E-state index contributed by atoms with van der Waals surface area (Å²) < 4.78 is 0. The summed E-state index contributed by atoms with van der Waals surface area (Å²) in [6, 6.07) is 11.9. The number of anilines is 2. The number of nitrogens with two attached hydrogens (primary N) is 1. The molecule has 3 nitrogen and oxygen atoms in total. The number of nitrogen functional groups attached to an aromatic ring is 1. The van der Waals surface area contributed by atoms with Gasteiger partial charge in [0.25, 0.3) is 0 Å². The molecule has 1 aromatic carbocycles. The third kappa shape index (κ3) is 2.51. The zero-order valence-electron chi connectivity index (χ0n) is 9.27. The lowest BCUT2D eigenvalue weighted by Gasteiger charge is -2.07. The second kappa shape index (κ2) is 4.66. The first-order chi connectivity index (χ1) is 7.75. The third-order valence-electron chi connectivity index (χ3n) is 2.44. The Morgan fingerprint density at radius 1 is 1.19 bits per heavy atom. The van der Waals surface area contributed by atoms with Crippen molar-refractivity contribution in [2.45, 2.75) is 13.5 Å². The van der Waals surface area contributed by atoms with E-state index in [-0.39, 0.29) is 0 Å². The maximum absolute atomic E-state index is 5.81. The van der Waals surface area contributed by atoms with E-state index in [0.29, 0.717) is 6.54 Å². The van der Waals surface area contributed by atoms with Gasteiger partial charge in [-0.1, -0.05) is 17.7 Å². The van der Waals surface area contributed by atoms with Crippen LogP contribution in [0.15, 0.2) is 42.6 Å². The molecule has 2 aromatic rings. The summed E-state index contributed by atoms with van der Waals surface area (Å²) in [5, 5.41) is 3.29. The van der Waals surface area contributed by atoms with Crippen molar-refractivity contribution in [3.63, 3.8) is 0 Å². The van der Waals surface area contributed by atoms with Gasteiger partial charge in [0.05, 0.1) is 17.9 Å². The first-order valence-electron chi connectivity index (χ1n) is 5.25. The van der Waals surface area contributed by atoms with Crippen molar-refractivity contribution in [2.24, 2.45) is 0 Å². The van der Waals surface area contributed by atoms with E-state index in [4.69, 9.17) is 5.73 Å². The van der Waals surface area contributed by atoms with Crippen LogP contribution in [0, 0.1) is 6.92 Å². The van der Waals surface area contributed by atoms with E-state index in [2.05, 4.69) is 41.5 Å². The molecule has 82 valence electrons. The van der Waals surface area contributed by atoms with Gasteiger partial charge in [-0.05, 0) is 31.2 Å². The molecule has 0 saturated carbocycles. The van der Waals surface area contributed by atoms with E-state index in [9.17, 15) is 0 Å². The van der Waals surface area contributed by atoms with Crippen LogP contribution in [0.2, 0.25) is 0 Å². The standard InChI is InChI=1S/C13H15N3/c1-10-4-6-11(7-5-10)16-9-13-12(14)3-2-8-15-13/h2-8,16H,9,14H2,1H3. The number of benzene rings is 1. The lowest BCUT2D eigenvalue weighted by atomic mass is 10.2. The fourth-order valence-corrected chi connectivity index (χ4v) is 1.46. The first-order valence-corrected chi connectivity index (χ1v) is 5.25. The van der Waals surface area contributed by atoms with Crippen molar-refractivity contribution in [3.8, 4) is 0 Å². The van der Waals surface area contributed by atoms with Gasteiger partial charge in [0.2, 0.25) is 0 Å². The topological polar surface area (TPSA) is 50.9 Å². The lowest BCUT2D eigenvalue weighted by molar-refractivity contribution is 1.05. The zero-order valence-corrected chi connectivity index (χ0v) is 9.27. The Kier molecular flexibility index (Phi) is 3.05. The molecular formula is C13H15N3. The maximum atomic E-state index is 5.81. The molecule has 0 amide bonds. The molecule has 16 heavy (non-hydrogen) atoms. The van der Waals surface area contributed by atoms with Crippen LogP contribution in [0.4, 0.5) is 11.4 Å². The van der Waals surface area contributed by atoms with Gasteiger partial charge < -0.3 is 11.1 Å². The van der Waals surface area contributed by atoms with E-state index >= 15 is 0 Å². The van der Waals surface area contributed by atoms with Crippen molar-refractivity contribution >= 4 is 11.4 Å². The Labute approximate surface area is 95.3 Å². The lowest BCUT2D eigenvalue weighted by Crippen LogP contribution is -2.04. The summed E-state index contributed by atoms with van der Waals surface area (Å²) in [6.07, 6.45) is 1.75. The minimum absolute atomic E-state index is 0.649. The van der Waals surface area contributed by atoms with Crippen LogP contribution < -0.4 is 11.1 Å². The highest BCUT2D eigenvalue weighted by Gasteiger charge is 1.98. The van der Waals surface area contributed by atoms with Crippen molar-refractivity contribution in [2.75, 3.05) is 11.1 Å². The summed E-state index contributed by atoms with van der Waals surface area (Å²) in [7, 11) is 0. The fraction of sp³-hybridized carbons (Fsp3) is 0.154. The number of hydrogen-bond acceptors (Lipinski definition) is 3. The van der Waals surface area contributed by atoms with Crippen LogP contribution in [0.1, 0.15) is 11.3 Å². The van der Waals surface area contributed by atoms with Gasteiger partial charge in [0, 0.05) is 11.9 Å². The van der Waals surface area contributed by atoms with Crippen molar-refractivity contribution in [1.82, 2.24) is 4.98 Å². The number of nitrogens with zero attached hydrogens (tertiary/aromatic N) is 1. The molecule has 0 radical (unpaired) electrons. The molecule has 0 aliphatic heterocycles. The van der Waals surface area contributed by atoms with E-state index < -0.39 is 0 Å². The van der Waals surface area contributed by atoms with Gasteiger partial charge in [-0.3, -0.25) is 4.98 Å². The molecule has 0 saturated heterocycles. The first kappa shape index (κ1) is 10.5. The Balaban J connectivity index is 2.02. The average molecular weight is 213 g/mol. The maximum Gasteiger partial charge on any atom is 0.0823 e. The van der Waals surface area contributed by atoms with Crippen molar-refractivity contribution in [1.29, 1.82) is 0 Å². The monoisotopic (exact) mass is 213 g/mol. The van der Waals surface area contributed by atoms with Gasteiger partial charge in [0.1, 0.15) is 0 Å². The molecule has 1 heterocycles. The number of rotatable bonds is 3. The summed E-state index contributed by atoms with van der Waals surface area (Å²) in [5.41, 5.74) is 9.74. The molecule has 3 N–H and O–H groups in total. The predicted octanol–water partition coefficient (Wildman–Crippen LogP) is 2.58. The predicted molar refractivity (Wildman–Crippen MR) is 67.2 cm³/mol. The van der Waals surface area contributed by atoms with Crippen LogP contribution >= 0.6 is 0 Å². The average Bonchev–Trinajstić information content (AvgIpc) is 2.30. The Hall–Kier alpha value is -2.03. The highest BCUT2D eigenvalue weighted by atomic mass is 14.9. The minimum Gasteiger partial charge on any atom is -0.397 e. The SMILES string of the molecule is Cc1ccc(NCc2ncccc2N)cc1. The third-order valence-corrected chi connectivity index (χ3v) is 2.44. The van der Waals surface area contributed by atoms with Crippen LogP contribution in [0.5, 0.6) is 0 Å². The van der Waals surface area contributed by atoms with Crippen LogP contribution in [-0.2, 0) is 6.54 Å². The summed E-state index contributed by atoms with van der Waals surface area (Å²) in [5.74, 6) is 0. The Bertz CT molecular complexity index is 463. The van der Waals surface area contributed by atoms with Gasteiger partial charge in [0.15, 0.2) is 0 Å². The quantitative estimate of drug-likeness (QED) is 0.824. The zero-order chi connectivity index (χ0) is 11.4. The number of aromatic nitrogens is 1. The Morgan fingerprint density at radius 3 is 2.62 bits per heavy atom. The van der Waals surface area contributed by atoms with Crippen LogP contribution in [0.25, 0.3) is 0 Å². The van der Waals surface area contributed by atoms with Gasteiger partial charge in [-0.25, -0.2) is 0 Å². The van der Waals surface area contributed by atoms with Gasteiger partial charge in [-0.2, -0.15) is 0 Å². The highest BCUT2D eigenvalue weighted by molar-refractivity contribution is 5.48. The summed E-state index contributed by atoms with van der Waals surface area (Å²) >= 11 is 0. The molecule has 0 aliphatic carbocycles. The highest BCUT2D eigenvalue weighted by Crippen LogP contribution is 2.12. The number of pyridine rings is 1. The molecule has 0 atom stereocenters. The van der Waals surface area contributed by atoms with E-state index in [0.717, 1.165) is 17.1 Å². The molecule has 1 aromatic heterocycles. The molecular weight excluding hydrogens is 198 g/mol. The molecule has 2 rings (SSSR count). The van der Waals surface area contributed by atoms with Crippen LogP contribution in [-0.4, -0.2) is 4.98 Å². The normalized spacial score (nSPS) is 10.1. The molecule has 0 spiro atoms. The van der Waals surface area contributed by atoms with Gasteiger partial charge in [-0.15, -0.1) is 0 Å². The van der Waals surface area contributed by atoms with Crippen LogP contribution in [0.3, 0.4) is 0 Å².